The van der Waals surface area contributed by atoms with Crippen molar-refractivity contribution in [2.75, 3.05) is 37.7 Å². The highest BCUT2D eigenvalue weighted by Crippen LogP contribution is 2.20. The van der Waals surface area contributed by atoms with Gasteiger partial charge in [0.1, 0.15) is 23.8 Å². The summed E-state index contributed by atoms with van der Waals surface area (Å²) in [6.07, 6.45) is 2.02. The number of hydrogen-bond acceptors (Lipinski definition) is 5. The number of aromatic carboxylic acids is 1. The fourth-order valence-corrected chi connectivity index (χ4v) is 2.16. The number of amides is 1. The summed E-state index contributed by atoms with van der Waals surface area (Å²) < 4.78 is 18.1. The van der Waals surface area contributed by atoms with Crippen LogP contribution in [0.25, 0.3) is 0 Å². The van der Waals surface area contributed by atoms with Crippen molar-refractivity contribution in [1.29, 1.82) is 0 Å². The van der Waals surface area contributed by atoms with Gasteiger partial charge in [-0.15, -0.1) is 0 Å². The number of pyridine rings is 1. The molecule has 22 heavy (non-hydrogen) atoms. The van der Waals surface area contributed by atoms with Crippen LogP contribution in [0, 0.1) is 5.82 Å². The molecule has 118 valence electrons. The average Bonchev–Trinajstić information content (AvgIpc) is 2.52. The Labute approximate surface area is 126 Å². The Bertz CT molecular complexity index is 585. The zero-order valence-electron chi connectivity index (χ0n) is 11.9. The van der Waals surface area contributed by atoms with Crippen molar-refractivity contribution in [3.05, 3.63) is 36.3 Å². The summed E-state index contributed by atoms with van der Waals surface area (Å²) in [6.45, 7) is 5.13. The number of ether oxygens (including phenoxy) is 1. The van der Waals surface area contributed by atoms with E-state index in [1.165, 1.54) is 11.0 Å². The molecular weight excluding hydrogens is 293 g/mol. The maximum Gasteiger partial charge on any atom is 0.410 e. The number of aromatic nitrogens is 1. The van der Waals surface area contributed by atoms with Gasteiger partial charge in [0.05, 0.1) is 6.20 Å². The van der Waals surface area contributed by atoms with Crippen LogP contribution in [0.3, 0.4) is 0 Å². The standard InChI is InChI=1S/C14H16FN3O4/c1-2-7-22-14(21)18-5-3-17(4-6-18)12-11(13(19)20)8-10(15)9-16-12/h2,8-9H,1,3-7H2,(H,19,20). The van der Waals surface area contributed by atoms with Crippen LogP contribution in [0.5, 0.6) is 0 Å². The van der Waals surface area contributed by atoms with Crippen molar-refractivity contribution in [3.8, 4) is 0 Å². The number of halogens is 1. The van der Waals surface area contributed by atoms with Crippen molar-refractivity contribution in [1.82, 2.24) is 9.88 Å². The summed E-state index contributed by atoms with van der Waals surface area (Å²) in [5, 5.41) is 9.13. The molecule has 1 saturated heterocycles. The molecule has 1 amide bonds. The second-order valence-electron chi connectivity index (χ2n) is 4.67. The number of carbonyl (C=O) groups is 2. The maximum absolute atomic E-state index is 13.1. The molecule has 0 spiro atoms. The largest absolute Gasteiger partial charge is 0.478 e. The van der Waals surface area contributed by atoms with E-state index in [-0.39, 0.29) is 18.0 Å². The first-order valence-corrected chi connectivity index (χ1v) is 6.69. The number of rotatable bonds is 4. The number of anilines is 1. The molecule has 7 nitrogen and oxygen atoms in total. The van der Waals surface area contributed by atoms with E-state index in [2.05, 4.69) is 11.6 Å². The lowest BCUT2D eigenvalue weighted by Crippen LogP contribution is -2.49. The Morgan fingerprint density at radius 1 is 1.41 bits per heavy atom. The molecule has 8 heteroatoms. The highest BCUT2D eigenvalue weighted by atomic mass is 19.1. The van der Waals surface area contributed by atoms with Gasteiger partial charge in [0.2, 0.25) is 0 Å². The van der Waals surface area contributed by atoms with Crippen LogP contribution in [-0.2, 0) is 4.74 Å². The summed E-state index contributed by atoms with van der Waals surface area (Å²) in [6, 6.07) is 0.940. The molecule has 1 aromatic heterocycles. The molecule has 0 aromatic carbocycles. The third kappa shape index (κ3) is 3.51. The summed E-state index contributed by atoms with van der Waals surface area (Å²) in [7, 11) is 0. The van der Waals surface area contributed by atoms with Crippen molar-refractivity contribution in [3.63, 3.8) is 0 Å². The predicted octanol–water partition coefficient (Wildman–Crippen LogP) is 1.36. The fourth-order valence-electron chi connectivity index (χ4n) is 2.16. The Kier molecular flexibility index (Phi) is 4.92. The Balaban J connectivity index is 2.04. The molecule has 0 radical (unpaired) electrons. The van der Waals surface area contributed by atoms with E-state index in [0.717, 1.165) is 12.3 Å². The van der Waals surface area contributed by atoms with Gasteiger partial charge in [0.15, 0.2) is 0 Å². The maximum atomic E-state index is 13.1. The molecule has 0 saturated carbocycles. The summed E-state index contributed by atoms with van der Waals surface area (Å²) in [5.74, 6) is -1.74. The van der Waals surface area contributed by atoms with E-state index in [1.54, 1.807) is 4.90 Å². The second-order valence-corrected chi connectivity index (χ2v) is 4.67. The Morgan fingerprint density at radius 3 is 2.68 bits per heavy atom. The lowest BCUT2D eigenvalue weighted by atomic mass is 10.2. The molecule has 0 bridgehead atoms. The summed E-state index contributed by atoms with van der Waals surface area (Å²) >= 11 is 0. The third-order valence-corrected chi connectivity index (χ3v) is 3.23. The van der Waals surface area contributed by atoms with Gasteiger partial charge in [-0.2, -0.15) is 0 Å². The molecule has 1 fully saturated rings. The first kappa shape index (κ1) is 15.7. The van der Waals surface area contributed by atoms with Crippen LogP contribution in [0.4, 0.5) is 15.0 Å². The number of carboxylic acid groups (broad SMARTS) is 1. The van der Waals surface area contributed by atoms with E-state index >= 15 is 0 Å². The second kappa shape index (κ2) is 6.88. The molecule has 1 N–H and O–H groups in total. The zero-order valence-corrected chi connectivity index (χ0v) is 11.9. The lowest BCUT2D eigenvalue weighted by molar-refractivity contribution is 0.0695. The van der Waals surface area contributed by atoms with E-state index in [1.807, 2.05) is 0 Å². The highest BCUT2D eigenvalue weighted by Gasteiger charge is 2.25. The van der Waals surface area contributed by atoms with Gasteiger partial charge >= 0.3 is 12.1 Å². The van der Waals surface area contributed by atoms with Gasteiger partial charge in [0, 0.05) is 26.2 Å². The quantitative estimate of drug-likeness (QED) is 0.846. The minimum absolute atomic E-state index is 0.141. The van der Waals surface area contributed by atoms with Gasteiger partial charge in [-0.25, -0.2) is 19.0 Å². The first-order valence-electron chi connectivity index (χ1n) is 6.69. The van der Waals surface area contributed by atoms with E-state index in [0.29, 0.717) is 26.2 Å². The highest BCUT2D eigenvalue weighted by molar-refractivity contribution is 5.93. The number of carboxylic acids is 1. The van der Waals surface area contributed by atoms with E-state index in [9.17, 15) is 14.0 Å². The molecule has 1 aliphatic rings. The van der Waals surface area contributed by atoms with Crippen molar-refractivity contribution in [2.24, 2.45) is 0 Å². The van der Waals surface area contributed by atoms with Gasteiger partial charge in [0.25, 0.3) is 0 Å². The van der Waals surface area contributed by atoms with Crippen LogP contribution in [0.2, 0.25) is 0 Å². The van der Waals surface area contributed by atoms with Crippen LogP contribution in [-0.4, -0.2) is 59.8 Å². The number of hydrogen-bond donors (Lipinski definition) is 1. The SMILES string of the molecule is C=CCOC(=O)N1CCN(c2ncc(F)cc2C(=O)O)CC1. The number of carbonyl (C=O) groups excluding carboxylic acids is 1. The minimum Gasteiger partial charge on any atom is -0.478 e. The molecular formula is C14H16FN3O4. The molecule has 1 aliphatic heterocycles. The minimum atomic E-state index is -1.24. The zero-order chi connectivity index (χ0) is 16.1. The molecule has 0 aliphatic carbocycles. The molecule has 2 heterocycles. The van der Waals surface area contributed by atoms with Crippen LogP contribution in [0.1, 0.15) is 10.4 Å². The van der Waals surface area contributed by atoms with Gasteiger partial charge in [-0.1, -0.05) is 12.7 Å². The smallest absolute Gasteiger partial charge is 0.410 e. The van der Waals surface area contributed by atoms with Crippen LogP contribution in [0.15, 0.2) is 24.9 Å². The summed E-state index contributed by atoms with van der Waals surface area (Å²) in [4.78, 5) is 30.0. The number of nitrogens with zero attached hydrogens (tertiary/aromatic N) is 3. The first-order chi connectivity index (χ1) is 10.5. The molecule has 2 rings (SSSR count). The van der Waals surface area contributed by atoms with Gasteiger partial charge in [-0.05, 0) is 6.07 Å². The molecule has 0 unspecified atom stereocenters. The molecule has 0 atom stereocenters. The Morgan fingerprint density at radius 2 is 2.09 bits per heavy atom. The van der Waals surface area contributed by atoms with Crippen molar-refractivity contribution in [2.45, 2.75) is 0 Å². The fraction of sp³-hybridized carbons (Fsp3) is 0.357. The van der Waals surface area contributed by atoms with Crippen molar-refractivity contribution < 1.29 is 23.8 Å². The van der Waals surface area contributed by atoms with Crippen LogP contribution < -0.4 is 4.90 Å². The van der Waals surface area contributed by atoms with E-state index in [4.69, 9.17) is 9.84 Å². The number of piperazine rings is 1. The normalized spacial score (nSPS) is 14.6. The average molecular weight is 309 g/mol. The topological polar surface area (TPSA) is 83.0 Å². The Hall–Kier alpha value is -2.64. The summed E-state index contributed by atoms with van der Waals surface area (Å²) in [5.41, 5.74) is -0.192. The van der Waals surface area contributed by atoms with E-state index < -0.39 is 17.9 Å². The monoisotopic (exact) mass is 309 g/mol. The van der Waals surface area contributed by atoms with Gasteiger partial charge < -0.3 is 19.6 Å². The van der Waals surface area contributed by atoms with Crippen LogP contribution >= 0.6 is 0 Å². The third-order valence-electron chi connectivity index (χ3n) is 3.23. The lowest BCUT2D eigenvalue weighted by Gasteiger charge is -2.35. The predicted molar refractivity (Wildman–Crippen MR) is 76.5 cm³/mol. The molecule has 1 aromatic rings. The van der Waals surface area contributed by atoms with Gasteiger partial charge in [-0.3, -0.25) is 0 Å². The van der Waals surface area contributed by atoms with Crippen molar-refractivity contribution >= 4 is 17.9 Å².